The molecule has 0 atom stereocenters. The van der Waals surface area contributed by atoms with E-state index >= 15 is 0 Å². The Balaban J connectivity index is 1.63. The lowest BCUT2D eigenvalue weighted by molar-refractivity contribution is -0.384. The van der Waals surface area contributed by atoms with Crippen molar-refractivity contribution >= 4 is 23.1 Å². The third kappa shape index (κ3) is 4.85. The molecule has 0 fully saturated rings. The number of carbonyl (C=O) groups is 1. The zero-order chi connectivity index (χ0) is 23.8. The predicted molar refractivity (Wildman–Crippen MR) is 127 cm³/mol. The van der Waals surface area contributed by atoms with Crippen molar-refractivity contribution in [2.24, 2.45) is 0 Å². The number of nitrogens with zero attached hydrogens (tertiary/aromatic N) is 3. The average molecular weight is 444 g/mol. The summed E-state index contributed by atoms with van der Waals surface area (Å²) in [7, 11) is 0. The van der Waals surface area contributed by atoms with E-state index in [0.717, 1.165) is 28.3 Å². The lowest BCUT2D eigenvalue weighted by Gasteiger charge is -2.22. The van der Waals surface area contributed by atoms with Crippen LogP contribution >= 0.6 is 0 Å². The molecule has 33 heavy (non-hydrogen) atoms. The number of carbonyl (C=O) groups excluding carboxylic acids is 1. The Morgan fingerprint density at radius 3 is 2.48 bits per heavy atom. The van der Waals surface area contributed by atoms with E-state index in [9.17, 15) is 14.9 Å². The molecule has 0 saturated heterocycles. The number of fused-ring (bicyclic) bond motifs is 1. The smallest absolute Gasteiger partial charge is 0.343 e. The number of hydrogen-bond acceptors (Lipinski definition) is 6. The minimum atomic E-state index is -0.662. The van der Waals surface area contributed by atoms with Gasteiger partial charge in [0, 0.05) is 29.4 Å². The average Bonchev–Trinajstić information content (AvgIpc) is 3.10. The Morgan fingerprint density at radius 2 is 1.82 bits per heavy atom. The van der Waals surface area contributed by atoms with Crippen molar-refractivity contribution in [1.82, 2.24) is 9.38 Å². The van der Waals surface area contributed by atoms with Crippen LogP contribution in [0, 0.1) is 17.0 Å². The van der Waals surface area contributed by atoms with Gasteiger partial charge in [-0.1, -0.05) is 6.07 Å². The van der Waals surface area contributed by atoms with Gasteiger partial charge in [-0.25, -0.2) is 9.78 Å². The molecule has 0 aliphatic carbocycles. The number of nitrogens with one attached hydrogen (secondary N) is 1. The van der Waals surface area contributed by atoms with Crippen LogP contribution in [0.5, 0.6) is 5.75 Å². The number of esters is 1. The molecule has 0 radical (unpaired) electrons. The summed E-state index contributed by atoms with van der Waals surface area (Å²) < 4.78 is 7.43. The van der Waals surface area contributed by atoms with Crippen molar-refractivity contribution in [2.75, 3.05) is 5.32 Å². The lowest BCUT2D eigenvalue weighted by Crippen LogP contribution is -2.27. The number of rotatable bonds is 5. The third-order valence-corrected chi connectivity index (χ3v) is 4.91. The van der Waals surface area contributed by atoms with Gasteiger partial charge in [-0.3, -0.25) is 14.5 Å². The highest BCUT2D eigenvalue weighted by atomic mass is 16.6. The molecule has 8 nitrogen and oxygen atoms in total. The van der Waals surface area contributed by atoms with E-state index in [1.54, 1.807) is 12.1 Å². The van der Waals surface area contributed by atoms with E-state index < -0.39 is 10.9 Å². The summed E-state index contributed by atoms with van der Waals surface area (Å²) in [6.45, 7) is 8.28. The topological polar surface area (TPSA) is 98.8 Å². The zero-order valence-corrected chi connectivity index (χ0v) is 18.8. The Morgan fingerprint density at radius 1 is 1.09 bits per heavy atom. The molecule has 2 aromatic heterocycles. The van der Waals surface area contributed by atoms with Crippen LogP contribution in [0.1, 0.15) is 36.7 Å². The van der Waals surface area contributed by atoms with Gasteiger partial charge in [0.05, 0.1) is 10.5 Å². The molecule has 0 spiro atoms. The first-order chi connectivity index (χ1) is 15.6. The number of hydrogen-bond donors (Lipinski definition) is 1. The van der Waals surface area contributed by atoms with Crippen molar-refractivity contribution < 1.29 is 14.5 Å². The third-order valence-electron chi connectivity index (χ3n) is 4.91. The van der Waals surface area contributed by atoms with Gasteiger partial charge in [0.2, 0.25) is 0 Å². The second kappa shape index (κ2) is 8.38. The summed E-state index contributed by atoms with van der Waals surface area (Å²) in [6.07, 6.45) is 1.99. The quantitative estimate of drug-likeness (QED) is 0.185. The summed E-state index contributed by atoms with van der Waals surface area (Å²) >= 11 is 0. The Hall–Kier alpha value is -4.20. The van der Waals surface area contributed by atoms with Gasteiger partial charge in [0.1, 0.15) is 22.9 Å². The Labute approximate surface area is 191 Å². The molecule has 2 heterocycles. The van der Waals surface area contributed by atoms with Crippen LogP contribution in [-0.4, -0.2) is 25.8 Å². The fraction of sp³-hybridized carbons (Fsp3) is 0.200. The molecule has 0 saturated carbocycles. The van der Waals surface area contributed by atoms with Crippen LogP contribution in [0.4, 0.5) is 11.5 Å². The normalized spacial score (nSPS) is 11.4. The maximum Gasteiger partial charge on any atom is 0.343 e. The maximum absolute atomic E-state index is 12.4. The highest BCUT2D eigenvalue weighted by Crippen LogP contribution is 2.32. The van der Waals surface area contributed by atoms with E-state index in [4.69, 9.17) is 9.72 Å². The first-order valence-electron chi connectivity index (χ1n) is 10.4. The molecule has 0 amide bonds. The maximum atomic E-state index is 12.4. The van der Waals surface area contributed by atoms with Crippen LogP contribution < -0.4 is 10.1 Å². The van der Waals surface area contributed by atoms with Gasteiger partial charge < -0.3 is 10.1 Å². The molecule has 1 N–H and O–H groups in total. The molecule has 0 aliphatic rings. The number of pyridine rings is 1. The fourth-order valence-electron chi connectivity index (χ4n) is 3.42. The van der Waals surface area contributed by atoms with Crippen LogP contribution in [-0.2, 0) is 0 Å². The second-order valence-electron chi connectivity index (χ2n) is 8.84. The van der Waals surface area contributed by atoms with Gasteiger partial charge in [-0.2, -0.15) is 0 Å². The molecule has 4 rings (SSSR count). The number of aryl methyl sites for hydroxylation is 1. The predicted octanol–water partition coefficient (Wildman–Crippen LogP) is 5.65. The minimum Gasteiger partial charge on any atom is -0.423 e. The molecular formula is C25H24N4O4. The Bertz CT molecular complexity index is 1350. The second-order valence-corrected chi connectivity index (χ2v) is 8.84. The first kappa shape index (κ1) is 22.0. The summed E-state index contributed by atoms with van der Waals surface area (Å²) in [4.78, 5) is 27.6. The largest absolute Gasteiger partial charge is 0.423 e. The SMILES string of the molecule is Cc1ccn2c(NC(C)(C)C)c(-c3ccc(OC(=O)c4cccc([N+](=O)[O-])c4)cc3)nc2c1. The fourth-order valence-corrected chi connectivity index (χ4v) is 3.42. The number of nitro benzene ring substituents is 1. The zero-order valence-electron chi connectivity index (χ0n) is 18.8. The number of ether oxygens (including phenoxy) is 1. The van der Waals surface area contributed by atoms with E-state index in [0.29, 0.717) is 5.75 Å². The van der Waals surface area contributed by atoms with E-state index in [1.165, 1.54) is 24.3 Å². The van der Waals surface area contributed by atoms with Gasteiger partial charge in [-0.15, -0.1) is 0 Å². The highest BCUT2D eigenvalue weighted by molar-refractivity contribution is 5.91. The number of non-ortho nitro benzene ring substituents is 1. The van der Waals surface area contributed by atoms with Gasteiger partial charge in [-0.05, 0) is 75.7 Å². The monoisotopic (exact) mass is 444 g/mol. The number of anilines is 1. The van der Waals surface area contributed by atoms with E-state index in [2.05, 4.69) is 26.1 Å². The molecule has 2 aromatic carbocycles. The summed E-state index contributed by atoms with van der Waals surface area (Å²) in [5.74, 6) is 0.545. The Kier molecular flexibility index (Phi) is 5.59. The van der Waals surface area contributed by atoms with Crippen molar-refractivity contribution in [2.45, 2.75) is 33.2 Å². The molecule has 8 heteroatoms. The van der Waals surface area contributed by atoms with Crippen LogP contribution in [0.25, 0.3) is 16.9 Å². The molecule has 168 valence electrons. The molecule has 0 unspecified atom stereocenters. The summed E-state index contributed by atoms with van der Waals surface area (Å²) in [5, 5.41) is 14.5. The molecule has 0 aliphatic heterocycles. The summed E-state index contributed by atoms with van der Waals surface area (Å²) in [6, 6.07) is 16.5. The number of imidazole rings is 1. The van der Waals surface area contributed by atoms with Crippen molar-refractivity contribution in [1.29, 1.82) is 0 Å². The molecule has 0 bridgehead atoms. The number of benzene rings is 2. The lowest BCUT2D eigenvalue weighted by atomic mass is 10.1. The van der Waals surface area contributed by atoms with Gasteiger partial charge in [0.15, 0.2) is 0 Å². The van der Waals surface area contributed by atoms with E-state index in [-0.39, 0.29) is 16.8 Å². The standard InChI is InChI=1S/C25H24N4O4/c1-16-12-13-28-21(14-16)26-22(23(28)27-25(2,3)4)17-8-10-20(11-9-17)33-24(30)18-6-5-7-19(15-18)29(31)32/h5-15,27H,1-4H3. The number of nitro groups is 1. The van der Waals surface area contributed by atoms with Crippen LogP contribution in [0.2, 0.25) is 0 Å². The minimum absolute atomic E-state index is 0.112. The van der Waals surface area contributed by atoms with E-state index in [1.807, 2.05) is 41.8 Å². The van der Waals surface area contributed by atoms with Gasteiger partial charge >= 0.3 is 5.97 Å². The molecule has 4 aromatic rings. The van der Waals surface area contributed by atoms with Crippen molar-refractivity contribution in [3.8, 4) is 17.0 Å². The van der Waals surface area contributed by atoms with Crippen LogP contribution in [0.15, 0.2) is 66.9 Å². The van der Waals surface area contributed by atoms with Crippen molar-refractivity contribution in [3.63, 3.8) is 0 Å². The summed E-state index contributed by atoms with van der Waals surface area (Å²) in [5.41, 5.74) is 3.36. The molecular weight excluding hydrogens is 420 g/mol. The van der Waals surface area contributed by atoms with Crippen molar-refractivity contribution in [3.05, 3.63) is 88.1 Å². The van der Waals surface area contributed by atoms with Crippen LogP contribution in [0.3, 0.4) is 0 Å². The van der Waals surface area contributed by atoms with Gasteiger partial charge in [0.25, 0.3) is 5.69 Å². The number of aromatic nitrogens is 2. The first-order valence-corrected chi connectivity index (χ1v) is 10.4. The highest BCUT2D eigenvalue weighted by Gasteiger charge is 2.20.